The summed E-state index contributed by atoms with van der Waals surface area (Å²) < 4.78 is 0. The quantitative estimate of drug-likeness (QED) is 0.844. The van der Waals surface area contributed by atoms with Gasteiger partial charge in [-0.05, 0) is 48.1 Å². The minimum Gasteiger partial charge on any atom is -0.481 e. The number of benzene rings is 1. The molecule has 1 saturated carbocycles. The molecule has 3 rings (SSSR count). The molecule has 0 heterocycles. The van der Waals surface area contributed by atoms with Crippen molar-refractivity contribution in [1.82, 2.24) is 0 Å². The lowest BCUT2D eigenvalue weighted by atomic mass is 9.56. The van der Waals surface area contributed by atoms with Crippen LogP contribution in [0.4, 0.5) is 0 Å². The van der Waals surface area contributed by atoms with Gasteiger partial charge in [-0.1, -0.05) is 30.7 Å². The van der Waals surface area contributed by atoms with E-state index >= 15 is 0 Å². The Labute approximate surface area is 102 Å². The lowest BCUT2D eigenvalue weighted by Crippen LogP contribution is -2.38. The van der Waals surface area contributed by atoms with Gasteiger partial charge < -0.3 is 5.11 Å². The first-order chi connectivity index (χ1) is 8.21. The molecular formula is C15H18O2. The number of carboxylic acids is 1. The summed E-state index contributed by atoms with van der Waals surface area (Å²) in [4.78, 5) is 10.9. The highest BCUT2D eigenvalue weighted by Gasteiger charge is 2.43. The Balaban J connectivity index is 1.98. The van der Waals surface area contributed by atoms with Crippen molar-refractivity contribution >= 4 is 5.97 Å². The van der Waals surface area contributed by atoms with Crippen molar-refractivity contribution in [2.45, 2.75) is 49.9 Å². The van der Waals surface area contributed by atoms with Gasteiger partial charge in [-0.2, -0.15) is 0 Å². The fourth-order valence-electron chi connectivity index (χ4n) is 3.62. The van der Waals surface area contributed by atoms with Crippen LogP contribution in [0.3, 0.4) is 0 Å². The van der Waals surface area contributed by atoms with E-state index < -0.39 is 5.97 Å². The van der Waals surface area contributed by atoms with Crippen molar-refractivity contribution in [2.24, 2.45) is 0 Å². The van der Waals surface area contributed by atoms with Crippen LogP contribution in [0, 0.1) is 0 Å². The Kier molecular flexibility index (Phi) is 2.46. The fourth-order valence-corrected chi connectivity index (χ4v) is 3.62. The van der Waals surface area contributed by atoms with E-state index in [4.69, 9.17) is 5.11 Å². The highest BCUT2D eigenvalue weighted by molar-refractivity contribution is 5.68. The third kappa shape index (κ3) is 1.67. The van der Waals surface area contributed by atoms with Gasteiger partial charge >= 0.3 is 5.97 Å². The van der Waals surface area contributed by atoms with Crippen LogP contribution in [-0.2, 0) is 10.2 Å². The van der Waals surface area contributed by atoms with Gasteiger partial charge in [0.15, 0.2) is 0 Å². The molecule has 1 atom stereocenters. The summed E-state index contributed by atoms with van der Waals surface area (Å²) in [6, 6.07) is 8.51. The third-order valence-electron chi connectivity index (χ3n) is 4.68. The molecule has 1 fully saturated rings. The van der Waals surface area contributed by atoms with Crippen LogP contribution >= 0.6 is 0 Å². The summed E-state index contributed by atoms with van der Waals surface area (Å²) in [6.45, 7) is 0. The molecule has 1 aromatic carbocycles. The van der Waals surface area contributed by atoms with Crippen LogP contribution < -0.4 is 0 Å². The average Bonchev–Trinajstić information content (AvgIpc) is 2.27. The number of carbonyl (C=O) groups is 1. The van der Waals surface area contributed by atoms with Crippen LogP contribution in [0.5, 0.6) is 0 Å². The molecule has 1 spiro atoms. The Hall–Kier alpha value is -1.31. The highest BCUT2D eigenvalue weighted by atomic mass is 16.4. The molecule has 0 aliphatic heterocycles. The van der Waals surface area contributed by atoms with E-state index in [1.807, 2.05) is 6.07 Å². The molecule has 0 amide bonds. The third-order valence-corrected chi connectivity index (χ3v) is 4.68. The molecule has 2 nitrogen and oxygen atoms in total. The zero-order chi connectivity index (χ0) is 11.9. The van der Waals surface area contributed by atoms with E-state index in [9.17, 15) is 4.79 Å². The summed E-state index contributed by atoms with van der Waals surface area (Å²) in [5.41, 5.74) is 3.16. The lowest BCUT2D eigenvalue weighted by molar-refractivity contribution is -0.137. The molecule has 90 valence electrons. The summed E-state index contributed by atoms with van der Waals surface area (Å²) in [5.74, 6) is -0.440. The summed E-state index contributed by atoms with van der Waals surface area (Å²) >= 11 is 0. The molecule has 0 radical (unpaired) electrons. The van der Waals surface area contributed by atoms with Gasteiger partial charge in [0.25, 0.3) is 0 Å². The van der Waals surface area contributed by atoms with Gasteiger partial charge in [-0.25, -0.2) is 0 Å². The Morgan fingerprint density at radius 3 is 2.71 bits per heavy atom. The number of carboxylic acid groups (broad SMARTS) is 1. The monoisotopic (exact) mass is 230 g/mol. The molecule has 2 aliphatic rings. The number of hydrogen-bond donors (Lipinski definition) is 1. The van der Waals surface area contributed by atoms with Crippen molar-refractivity contribution in [3.63, 3.8) is 0 Å². The molecule has 2 heteroatoms. The maximum Gasteiger partial charge on any atom is 0.303 e. The molecule has 1 unspecified atom stereocenters. The van der Waals surface area contributed by atoms with E-state index in [-0.39, 0.29) is 12.3 Å². The summed E-state index contributed by atoms with van der Waals surface area (Å²) in [6.07, 6.45) is 6.43. The van der Waals surface area contributed by atoms with Crippen LogP contribution in [0.1, 0.15) is 55.6 Å². The summed E-state index contributed by atoms with van der Waals surface area (Å²) in [7, 11) is 0. The van der Waals surface area contributed by atoms with E-state index in [0.717, 1.165) is 6.42 Å². The predicted molar refractivity (Wildman–Crippen MR) is 66.2 cm³/mol. The van der Waals surface area contributed by atoms with E-state index in [1.165, 1.54) is 36.8 Å². The number of hydrogen-bond acceptors (Lipinski definition) is 1. The first-order valence-corrected chi connectivity index (χ1v) is 6.52. The summed E-state index contributed by atoms with van der Waals surface area (Å²) in [5, 5.41) is 8.99. The molecule has 0 bridgehead atoms. The Bertz CT molecular complexity index is 446. The van der Waals surface area contributed by atoms with Gasteiger partial charge in [0, 0.05) is 0 Å². The standard InChI is InChI=1S/C15H18O2/c16-14(17)10-11-6-9-15(7-3-8-15)13-5-2-1-4-12(11)13/h1-2,4-5,11H,3,6-10H2,(H,16,17). The molecule has 0 saturated heterocycles. The van der Waals surface area contributed by atoms with Crippen LogP contribution in [0.25, 0.3) is 0 Å². The largest absolute Gasteiger partial charge is 0.481 e. The first-order valence-electron chi connectivity index (χ1n) is 6.52. The maximum atomic E-state index is 10.9. The van der Waals surface area contributed by atoms with Crippen molar-refractivity contribution < 1.29 is 9.90 Å². The normalized spacial score (nSPS) is 25.1. The van der Waals surface area contributed by atoms with Crippen molar-refractivity contribution in [3.05, 3.63) is 35.4 Å². The highest BCUT2D eigenvalue weighted by Crippen LogP contribution is 2.54. The van der Waals surface area contributed by atoms with Crippen molar-refractivity contribution in [3.8, 4) is 0 Å². The smallest absolute Gasteiger partial charge is 0.303 e. The topological polar surface area (TPSA) is 37.3 Å². The van der Waals surface area contributed by atoms with Crippen LogP contribution in [0.15, 0.2) is 24.3 Å². The van der Waals surface area contributed by atoms with E-state index in [1.54, 1.807) is 0 Å². The first kappa shape index (κ1) is 10.8. The van der Waals surface area contributed by atoms with Gasteiger partial charge in [0.1, 0.15) is 0 Å². The van der Waals surface area contributed by atoms with Gasteiger partial charge in [0.2, 0.25) is 0 Å². The maximum absolute atomic E-state index is 10.9. The molecule has 1 N–H and O–H groups in total. The predicted octanol–water partition coefficient (Wildman–Crippen LogP) is 3.46. The molecule has 1 aromatic rings. The second-order valence-corrected chi connectivity index (χ2v) is 5.55. The van der Waals surface area contributed by atoms with E-state index in [2.05, 4.69) is 18.2 Å². The number of aliphatic carboxylic acids is 1. The molecule has 0 aromatic heterocycles. The minimum atomic E-state index is -0.672. The average molecular weight is 230 g/mol. The number of fused-ring (bicyclic) bond motifs is 2. The Morgan fingerprint density at radius 1 is 1.29 bits per heavy atom. The SMILES string of the molecule is O=C(O)CC1CCC2(CCC2)c2ccccc21. The number of rotatable bonds is 2. The van der Waals surface area contributed by atoms with Gasteiger partial charge in [-0.3, -0.25) is 4.79 Å². The Morgan fingerprint density at radius 2 is 2.06 bits per heavy atom. The van der Waals surface area contributed by atoms with Crippen LogP contribution in [0.2, 0.25) is 0 Å². The van der Waals surface area contributed by atoms with Crippen LogP contribution in [-0.4, -0.2) is 11.1 Å². The van der Waals surface area contributed by atoms with Gasteiger partial charge in [0.05, 0.1) is 6.42 Å². The molecule has 17 heavy (non-hydrogen) atoms. The lowest BCUT2D eigenvalue weighted by Gasteiger charge is -2.48. The second kappa shape index (κ2) is 3.86. The second-order valence-electron chi connectivity index (χ2n) is 5.55. The zero-order valence-corrected chi connectivity index (χ0v) is 9.98. The zero-order valence-electron chi connectivity index (χ0n) is 9.98. The molecular weight excluding hydrogens is 212 g/mol. The van der Waals surface area contributed by atoms with Crippen molar-refractivity contribution in [2.75, 3.05) is 0 Å². The van der Waals surface area contributed by atoms with E-state index in [0.29, 0.717) is 5.41 Å². The molecule has 2 aliphatic carbocycles. The minimum absolute atomic E-state index is 0.231. The fraction of sp³-hybridized carbons (Fsp3) is 0.533. The van der Waals surface area contributed by atoms with Crippen molar-refractivity contribution in [1.29, 1.82) is 0 Å². The van der Waals surface area contributed by atoms with Gasteiger partial charge in [-0.15, -0.1) is 0 Å².